The van der Waals surface area contributed by atoms with E-state index < -0.39 is 46.7 Å². The quantitative estimate of drug-likeness (QED) is 0.112. The highest BCUT2D eigenvalue weighted by molar-refractivity contribution is 5.98. The Morgan fingerprint density at radius 2 is 1.58 bits per heavy atom. The fourth-order valence-corrected chi connectivity index (χ4v) is 3.64. The molecule has 5 N–H and O–H groups in total. The fourth-order valence-electron chi connectivity index (χ4n) is 3.64. The van der Waals surface area contributed by atoms with Gasteiger partial charge in [0.15, 0.2) is 0 Å². The molecule has 2 aromatic carbocycles. The second-order valence-electron chi connectivity index (χ2n) is 10.9. The van der Waals surface area contributed by atoms with Gasteiger partial charge in [-0.3, -0.25) is 19.7 Å². The molecule has 0 radical (unpaired) electrons. The number of nitrogens with zero attached hydrogens (tertiary/aromatic N) is 1. The maximum atomic E-state index is 13.1. The zero-order valence-corrected chi connectivity index (χ0v) is 24.9. The van der Waals surface area contributed by atoms with Crippen molar-refractivity contribution in [2.24, 2.45) is 11.7 Å². The maximum Gasteiger partial charge on any atom is 0.514 e. The van der Waals surface area contributed by atoms with Gasteiger partial charge in [0.1, 0.15) is 30.0 Å². The minimum atomic E-state index is -0.995. The van der Waals surface area contributed by atoms with Crippen molar-refractivity contribution in [3.63, 3.8) is 0 Å². The number of nitro benzene ring substituents is 1. The van der Waals surface area contributed by atoms with Crippen molar-refractivity contribution in [1.29, 1.82) is 0 Å². The lowest BCUT2D eigenvalue weighted by Crippen LogP contribution is -2.55. The van der Waals surface area contributed by atoms with Gasteiger partial charge in [0, 0.05) is 17.8 Å². The average Bonchev–Trinajstić information content (AvgIpc) is 2.92. The predicted molar refractivity (Wildman–Crippen MR) is 157 cm³/mol. The smallest absolute Gasteiger partial charge is 0.444 e. The third-order valence-electron chi connectivity index (χ3n) is 5.78. The molecule has 3 amide bonds. The van der Waals surface area contributed by atoms with Crippen LogP contribution in [-0.4, -0.2) is 53.2 Å². The molecule has 0 aliphatic heterocycles. The number of hydrogen-bond donors (Lipinski definition) is 4. The van der Waals surface area contributed by atoms with Gasteiger partial charge in [-0.15, -0.1) is 0 Å². The Balaban J connectivity index is 1.96. The second kappa shape index (κ2) is 16.1. The summed E-state index contributed by atoms with van der Waals surface area (Å²) >= 11 is 0. The lowest BCUT2D eigenvalue weighted by atomic mass is 10.0. The first kappa shape index (κ1) is 34.5. The van der Waals surface area contributed by atoms with Crippen LogP contribution < -0.4 is 26.4 Å². The Kier molecular flexibility index (Phi) is 12.9. The number of rotatable bonds is 13. The molecule has 234 valence electrons. The lowest BCUT2D eigenvalue weighted by Gasteiger charge is -2.27. The highest BCUT2D eigenvalue weighted by Gasteiger charge is 2.30. The monoisotopic (exact) mass is 601 g/mol. The van der Waals surface area contributed by atoms with Crippen molar-refractivity contribution in [2.45, 2.75) is 71.8 Å². The molecule has 14 nitrogen and oxygen atoms in total. The Morgan fingerprint density at radius 1 is 0.953 bits per heavy atom. The number of amides is 3. The number of nitrogens with one attached hydrogen (secondary N) is 3. The highest BCUT2D eigenvalue weighted by atomic mass is 16.7. The van der Waals surface area contributed by atoms with Crippen LogP contribution in [0.3, 0.4) is 0 Å². The molecule has 0 aliphatic carbocycles. The lowest BCUT2D eigenvalue weighted by molar-refractivity contribution is -0.384. The standard InChI is InChI=1S/C29H39N5O9/c1-18(2)24(33-27(37)43-29(3,4)5)26(36)32-23(7-6-16-30)25(35)31-20-10-8-19(9-11-20)17-41-28(38)42-22-14-12-21(13-15-22)34(39)40/h8-15,18,23-24H,6-7,16-17,30H2,1-5H3,(H,31,35)(H,32,36)(H,33,37)/t23-,24?/m0/s1. The zero-order chi connectivity index (χ0) is 32.2. The van der Waals surface area contributed by atoms with E-state index in [-0.39, 0.29) is 30.4 Å². The molecular weight excluding hydrogens is 562 g/mol. The summed E-state index contributed by atoms with van der Waals surface area (Å²) < 4.78 is 15.3. The first-order chi connectivity index (χ1) is 20.2. The van der Waals surface area contributed by atoms with Gasteiger partial charge in [-0.2, -0.15) is 0 Å². The van der Waals surface area contributed by atoms with Crippen molar-refractivity contribution >= 4 is 35.4 Å². The zero-order valence-electron chi connectivity index (χ0n) is 24.9. The summed E-state index contributed by atoms with van der Waals surface area (Å²) in [6.07, 6.45) is -0.997. The number of alkyl carbamates (subject to hydrolysis) is 1. The molecule has 0 heterocycles. The van der Waals surface area contributed by atoms with E-state index in [0.29, 0.717) is 24.2 Å². The number of carbonyl (C=O) groups is 4. The number of carbonyl (C=O) groups excluding carboxylic acids is 4. The minimum absolute atomic E-state index is 0.0882. The summed E-state index contributed by atoms with van der Waals surface area (Å²) in [6, 6.07) is 9.55. The van der Waals surface area contributed by atoms with Gasteiger partial charge < -0.3 is 35.9 Å². The van der Waals surface area contributed by atoms with Crippen molar-refractivity contribution in [1.82, 2.24) is 10.6 Å². The summed E-state index contributed by atoms with van der Waals surface area (Å²) in [5.74, 6) is -1.21. The third kappa shape index (κ3) is 12.4. The molecular formula is C29H39N5O9. The molecule has 2 atom stereocenters. The molecule has 1 unspecified atom stereocenters. The number of benzene rings is 2. The second-order valence-corrected chi connectivity index (χ2v) is 10.9. The Hall–Kier alpha value is -4.72. The third-order valence-corrected chi connectivity index (χ3v) is 5.78. The fraction of sp³-hybridized carbons (Fsp3) is 0.448. The first-order valence-electron chi connectivity index (χ1n) is 13.7. The van der Waals surface area contributed by atoms with Gasteiger partial charge in [-0.1, -0.05) is 26.0 Å². The largest absolute Gasteiger partial charge is 0.514 e. The SMILES string of the molecule is CC(C)C(NC(=O)OC(C)(C)C)C(=O)N[C@@H](CCCN)C(=O)Nc1ccc(COC(=O)Oc2ccc([N+](=O)[O-])cc2)cc1. The van der Waals surface area contributed by atoms with Gasteiger partial charge >= 0.3 is 12.2 Å². The van der Waals surface area contributed by atoms with Crippen molar-refractivity contribution in [2.75, 3.05) is 11.9 Å². The molecule has 43 heavy (non-hydrogen) atoms. The number of nitro groups is 1. The molecule has 0 fully saturated rings. The summed E-state index contributed by atoms with van der Waals surface area (Å²) in [6.45, 7) is 8.84. The van der Waals surface area contributed by atoms with Crippen LogP contribution in [0.25, 0.3) is 0 Å². The van der Waals surface area contributed by atoms with E-state index in [1.165, 1.54) is 24.3 Å². The Bertz CT molecular complexity index is 1260. The molecule has 2 rings (SSSR count). The van der Waals surface area contributed by atoms with Gasteiger partial charge in [0.05, 0.1) is 4.92 Å². The predicted octanol–water partition coefficient (Wildman–Crippen LogP) is 4.02. The topological polar surface area (TPSA) is 201 Å². The number of anilines is 1. The molecule has 0 aromatic heterocycles. The highest BCUT2D eigenvalue weighted by Crippen LogP contribution is 2.18. The van der Waals surface area contributed by atoms with E-state index in [0.717, 1.165) is 0 Å². The molecule has 0 saturated heterocycles. The number of nitrogens with two attached hydrogens (primary N) is 1. The van der Waals surface area contributed by atoms with Crippen LogP contribution in [0.15, 0.2) is 48.5 Å². The summed E-state index contributed by atoms with van der Waals surface area (Å²) in [5, 5.41) is 18.7. The number of non-ortho nitro benzene ring substituents is 1. The van der Waals surface area contributed by atoms with Crippen molar-refractivity contribution < 1.29 is 38.3 Å². The van der Waals surface area contributed by atoms with E-state index in [9.17, 15) is 29.3 Å². The molecule has 2 aromatic rings. The van der Waals surface area contributed by atoms with Crippen LogP contribution in [0.1, 0.15) is 53.0 Å². The van der Waals surface area contributed by atoms with Crippen LogP contribution in [-0.2, 0) is 25.7 Å². The van der Waals surface area contributed by atoms with E-state index in [1.807, 2.05) is 0 Å². The van der Waals surface area contributed by atoms with Crippen LogP contribution >= 0.6 is 0 Å². The molecule has 0 saturated carbocycles. The molecule has 0 aliphatic rings. The summed E-state index contributed by atoms with van der Waals surface area (Å²) in [5.41, 5.74) is 5.77. The number of ether oxygens (including phenoxy) is 3. The van der Waals surface area contributed by atoms with E-state index >= 15 is 0 Å². The molecule has 14 heteroatoms. The van der Waals surface area contributed by atoms with Crippen LogP contribution in [0.4, 0.5) is 21.0 Å². The van der Waals surface area contributed by atoms with Gasteiger partial charge in [0.2, 0.25) is 11.8 Å². The normalized spacial score (nSPS) is 12.4. The number of hydrogen-bond acceptors (Lipinski definition) is 10. The molecule has 0 spiro atoms. The van der Waals surface area contributed by atoms with Gasteiger partial charge in [-0.05, 0) is 75.9 Å². The Labute approximate surface area is 249 Å². The van der Waals surface area contributed by atoms with Crippen molar-refractivity contribution in [3.05, 3.63) is 64.2 Å². The maximum absolute atomic E-state index is 13.1. The first-order valence-corrected chi connectivity index (χ1v) is 13.7. The summed E-state index contributed by atoms with van der Waals surface area (Å²) in [7, 11) is 0. The van der Waals surface area contributed by atoms with Gasteiger partial charge in [0.25, 0.3) is 5.69 Å². The molecule has 0 bridgehead atoms. The van der Waals surface area contributed by atoms with E-state index in [2.05, 4.69) is 16.0 Å². The minimum Gasteiger partial charge on any atom is -0.444 e. The Morgan fingerprint density at radius 3 is 2.12 bits per heavy atom. The van der Waals surface area contributed by atoms with Crippen molar-refractivity contribution in [3.8, 4) is 5.75 Å². The van der Waals surface area contributed by atoms with Crippen LogP contribution in [0, 0.1) is 16.0 Å². The van der Waals surface area contributed by atoms with Crippen LogP contribution in [0.5, 0.6) is 5.75 Å². The summed E-state index contributed by atoms with van der Waals surface area (Å²) in [4.78, 5) is 60.5. The van der Waals surface area contributed by atoms with Gasteiger partial charge in [-0.25, -0.2) is 9.59 Å². The van der Waals surface area contributed by atoms with Crippen LogP contribution in [0.2, 0.25) is 0 Å². The average molecular weight is 602 g/mol. The van der Waals surface area contributed by atoms with E-state index in [4.69, 9.17) is 19.9 Å². The van der Waals surface area contributed by atoms with E-state index in [1.54, 1.807) is 58.9 Å².